The second-order valence-corrected chi connectivity index (χ2v) is 1.74. The lowest BCUT2D eigenvalue weighted by Crippen LogP contribution is -1.83. The first-order valence-electron chi connectivity index (χ1n) is 2.58. The molecular weight excluding hydrogens is 183 g/mol. The molecule has 0 spiro atoms. The fourth-order valence-corrected chi connectivity index (χ4v) is 0.608. The molecule has 0 bridgehead atoms. The van der Waals surface area contributed by atoms with Crippen LogP contribution in [0, 0.1) is 11.3 Å². The molecule has 0 aliphatic rings. The Morgan fingerprint density at radius 3 is 2.27 bits per heavy atom. The molecule has 2 nitrogen and oxygen atoms in total. The third-order valence-electron chi connectivity index (χ3n) is 1.02. The molecule has 0 heterocycles. The van der Waals surface area contributed by atoms with Gasteiger partial charge in [0.25, 0.3) is 0 Å². The van der Waals surface area contributed by atoms with Gasteiger partial charge in [0, 0.05) is 5.69 Å². The van der Waals surface area contributed by atoms with Crippen LogP contribution in [-0.4, -0.2) is 0 Å². The summed E-state index contributed by atoms with van der Waals surface area (Å²) < 4.78 is 0. The highest BCUT2D eigenvalue weighted by molar-refractivity contribution is 5.85. The van der Waals surface area contributed by atoms with Gasteiger partial charge in [-0.05, 0) is 18.2 Å². The highest BCUT2D eigenvalue weighted by atomic mass is 35.5. The Kier molecular flexibility index (Phi) is 6.77. The number of benzene rings is 1. The van der Waals surface area contributed by atoms with Crippen molar-refractivity contribution in [2.45, 2.75) is 0 Å². The molecular formula is C7H8Cl2N2. The number of halogens is 2. The largest absolute Gasteiger partial charge is 0.399 e. The average molecular weight is 191 g/mol. The van der Waals surface area contributed by atoms with Gasteiger partial charge < -0.3 is 5.73 Å². The van der Waals surface area contributed by atoms with E-state index in [0.717, 1.165) is 0 Å². The van der Waals surface area contributed by atoms with Gasteiger partial charge in [-0.2, -0.15) is 5.26 Å². The molecule has 60 valence electrons. The molecule has 0 aromatic heterocycles. The summed E-state index contributed by atoms with van der Waals surface area (Å²) in [5.74, 6) is 0. The molecule has 0 fully saturated rings. The van der Waals surface area contributed by atoms with Crippen molar-refractivity contribution in [1.82, 2.24) is 0 Å². The van der Waals surface area contributed by atoms with E-state index in [1.54, 1.807) is 24.3 Å². The molecule has 0 saturated carbocycles. The van der Waals surface area contributed by atoms with Crippen LogP contribution in [0.1, 0.15) is 5.56 Å². The first kappa shape index (κ1) is 12.7. The number of rotatable bonds is 0. The van der Waals surface area contributed by atoms with Crippen molar-refractivity contribution in [1.29, 1.82) is 5.26 Å². The normalized spacial score (nSPS) is 6.82. The quantitative estimate of drug-likeness (QED) is 0.637. The monoisotopic (exact) mass is 190 g/mol. The van der Waals surface area contributed by atoms with Gasteiger partial charge in [0.15, 0.2) is 0 Å². The lowest BCUT2D eigenvalue weighted by Gasteiger charge is -1.89. The summed E-state index contributed by atoms with van der Waals surface area (Å²) in [6.45, 7) is 0. The summed E-state index contributed by atoms with van der Waals surface area (Å²) in [7, 11) is 0. The predicted molar refractivity (Wildman–Crippen MR) is 50.1 cm³/mol. The van der Waals surface area contributed by atoms with Crippen LogP contribution < -0.4 is 5.73 Å². The number of nitrogens with zero attached hydrogens (tertiary/aromatic N) is 1. The maximum absolute atomic E-state index is 8.36. The molecule has 4 heteroatoms. The molecule has 2 N–H and O–H groups in total. The fraction of sp³-hybridized carbons (Fsp3) is 0. The van der Waals surface area contributed by atoms with Crippen molar-refractivity contribution < 1.29 is 0 Å². The summed E-state index contributed by atoms with van der Waals surface area (Å²) in [5.41, 5.74) is 6.62. The minimum Gasteiger partial charge on any atom is -0.399 e. The molecule has 0 atom stereocenters. The summed E-state index contributed by atoms with van der Waals surface area (Å²) >= 11 is 0. The Morgan fingerprint density at radius 2 is 1.91 bits per heavy atom. The van der Waals surface area contributed by atoms with Gasteiger partial charge in [-0.25, -0.2) is 0 Å². The van der Waals surface area contributed by atoms with Crippen LogP contribution in [0.5, 0.6) is 0 Å². The second kappa shape index (κ2) is 5.84. The van der Waals surface area contributed by atoms with Crippen molar-refractivity contribution in [3.05, 3.63) is 29.8 Å². The molecule has 0 aliphatic heterocycles. The zero-order valence-corrected chi connectivity index (χ0v) is 7.28. The minimum absolute atomic E-state index is 0. The smallest absolute Gasteiger partial charge is 0.0992 e. The zero-order chi connectivity index (χ0) is 6.69. The van der Waals surface area contributed by atoms with Crippen LogP contribution in [0.4, 0.5) is 5.69 Å². The van der Waals surface area contributed by atoms with E-state index in [1.165, 1.54) is 0 Å². The first-order valence-corrected chi connectivity index (χ1v) is 2.58. The van der Waals surface area contributed by atoms with Gasteiger partial charge in [0.05, 0.1) is 11.6 Å². The van der Waals surface area contributed by atoms with Crippen molar-refractivity contribution in [3.8, 4) is 6.07 Å². The molecule has 0 radical (unpaired) electrons. The van der Waals surface area contributed by atoms with Gasteiger partial charge in [-0.15, -0.1) is 24.8 Å². The van der Waals surface area contributed by atoms with Gasteiger partial charge in [-0.3, -0.25) is 0 Å². The van der Waals surface area contributed by atoms with E-state index < -0.39 is 0 Å². The van der Waals surface area contributed by atoms with Gasteiger partial charge in [0.1, 0.15) is 0 Å². The Labute approximate surface area is 77.8 Å². The van der Waals surface area contributed by atoms with Crippen LogP contribution >= 0.6 is 24.8 Å². The van der Waals surface area contributed by atoms with Crippen LogP contribution in [0.2, 0.25) is 0 Å². The molecule has 1 aromatic rings. The SMILES string of the molecule is Cl.Cl.N#Cc1cccc(N)c1. The molecule has 1 rings (SSSR count). The van der Waals surface area contributed by atoms with E-state index in [4.69, 9.17) is 11.0 Å². The fourth-order valence-electron chi connectivity index (χ4n) is 0.608. The lowest BCUT2D eigenvalue weighted by atomic mass is 10.2. The van der Waals surface area contributed by atoms with Crippen molar-refractivity contribution in [2.24, 2.45) is 0 Å². The van der Waals surface area contributed by atoms with Crippen LogP contribution in [-0.2, 0) is 0 Å². The van der Waals surface area contributed by atoms with Gasteiger partial charge >= 0.3 is 0 Å². The van der Waals surface area contributed by atoms with Crippen LogP contribution in [0.25, 0.3) is 0 Å². The summed E-state index contributed by atoms with van der Waals surface area (Å²) in [5, 5.41) is 8.36. The van der Waals surface area contributed by atoms with Crippen molar-refractivity contribution in [2.75, 3.05) is 5.73 Å². The summed E-state index contributed by atoms with van der Waals surface area (Å²) in [6, 6.07) is 8.85. The van der Waals surface area contributed by atoms with Gasteiger partial charge in [0.2, 0.25) is 0 Å². The topological polar surface area (TPSA) is 49.8 Å². The highest BCUT2D eigenvalue weighted by Gasteiger charge is 1.86. The van der Waals surface area contributed by atoms with Gasteiger partial charge in [-0.1, -0.05) is 6.07 Å². The number of nitriles is 1. The first-order chi connectivity index (χ1) is 4.33. The standard InChI is InChI=1S/C7H6N2.2ClH/c8-5-6-2-1-3-7(9)4-6;;/h1-4H,9H2;2*1H. The van der Waals surface area contributed by atoms with E-state index in [-0.39, 0.29) is 24.8 Å². The Hall–Kier alpha value is -0.910. The molecule has 1 aromatic carbocycles. The number of hydrogen-bond donors (Lipinski definition) is 1. The predicted octanol–water partition coefficient (Wildman–Crippen LogP) is 1.98. The molecule has 11 heavy (non-hydrogen) atoms. The van der Waals surface area contributed by atoms with Crippen LogP contribution in [0.3, 0.4) is 0 Å². The Bertz CT molecular complexity index is 255. The number of hydrogen-bond acceptors (Lipinski definition) is 2. The molecule has 0 saturated heterocycles. The maximum Gasteiger partial charge on any atom is 0.0992 e. The minimum atomic E-state index is 0. The third kappa shape index (κ3) is 3.72. The average Bonchev–Trinajstić information content (AvgIpc) is 1.88. The summed E-state index contributed by atoms with van der Waals surface area (Å²) in [6.07, 6.45) is 0. The van der Waals surface area contributed by atoms with Crippen molar-refractivity contribution >= 4 is 30.5 Å². The van der Waals surface area contributed by atoms with E-state index in [0.29, 0.717) is 11.3 Å². The molecule has 0 amide bonds. The number of nitrogens with two attached hydrogens (primary N) is 1. The molecule has 0 unspecified atom stereocenters. The van der Waals surface area contributed by atoms with E-state index >= 15 is 0 Å². The maximum atomic E-state index is 8.36. The van der Waals surface area contributed by atoms with Crippen molar-refractivity contribution in [3.63, 3.8) is 0 Å². The Balaban J connectivity index is 0. The number of nitrogen functional groups attached to an aromatic ring is 1. The zero-order valence-electron chi connectivity index (χ0n) is 5.65. The highest BCUT2D eigenvalue weighted by Crippen LogP contribution is 2.03. The third-order valence-corrected chi connectivity index (χ3v) is 1.02. The van der Waals surface area contributed by atoms with E-state index in [9.17, 15) is 0 Å². The van der Waals surface area contributed by atoms with Crippen LogP contribution in [0.15, 0.2) is 24.3 Å². The second-order valence-electron chi connectivity index (χ2n) is 1.74. The molecule has 0 aliphatic carbocycles. The number of anilines is 1. The van der Waals surface area contributed by atoms with E-state index in [2.05, 4.69) is 0 Å². The summed E-state index contributed by atoms with van der Waals surface area (Å²) in [4.78, 5) is 0. The Morgan fingerprint density at radius 1 is 1.27 bits per heavy atom. The lowest BCUT2D eigenvalue weighted by molar-refractivity contribution is 1.48. The van der Waals surface area contributed by atoms with E-state index in [1.807, 2.05) is 6.07 Å².